The molecule has 1 aromatic heterocycles. The molecule has 0 unspecified atom stereocenters. The number of nitrogen functional groups attached to an aromatic ring is 1. The topological polar surface area (TPSA) is 60.0 Å². The molecule has 0 atom stereocenters. The van der Waals surface area contributed by atoms with Gasteiger partial charge in [-0.15, -0.1) is 0 Å². The lowest BCUT2D eigenvalue weighted by molar-refractivity contribution is 0.0935. The first-order chi connectivity index (χ1) is 8.60. The van der Waals surface area contributed by atoms with Gasteiger partial charge >= 0.3 is 0 Å². The predicted octanol–water partition coefficient (Wildman–Crippen LogP) is 2.40. The summed E-state index contributed by atoms with van der Waals surface area (Å²) in [6, 6.07) is 1.76. The number of hydrogen-bond acceptors (Lipinski definition) is 2. The molecule has 1 aliphatic carbocycles. The Morgan fingerprint density at radius 3 is 2.78 bits per heavy atom. The standard InChI is InChI=1S/C14H23N3O/c1-3-7-17-9-11(15)8-12(17)13(18)16-10-14(4-2)5-6-14/h8-9H,3-7,10,15H2,1-2H3,(H,16,18). The summed E-state index contributed by atoms with van der Waals surface area (Å²) < 4.78 is 1.94. The van der Waals surface area contributed by atoms with Crippen LogP contribution in [0.5, 0.6) is 0 Å². The normalized spacial score (nSPS) is 16.6. The third kappa shape index (κ3) is 2.68. The number of rotatable bonds is 6. The van der Waals surface area contributed by atoms with Crippen molar-refractivity contribution in [3.05, 3.63) is 18.0 Å². The molecule has 1 aliphatic rings. The number of amides is 1. The highest BCUT2D eigenvalue weighted by molar-refractivity contribution is 5.93. The fraction of sp³-hybridized carbons (Fsp3) is 0.643. The number of carbonyl (C=O) groups is 1. The number of nitrogens with zero attached hydrogens (tertiary/aromatic N) is 1. The molecule has 2 rings (SSSR count). The molecular weight excluding hydrogens is 226 g/mol. The average molecular weight is 249 g/mol. The Labute approximate surface area is 109 Å². The molecule has 1 amide bonds. The molecule has 3 N–H and O–H groups in total. The second-order valence-electron chi connectivity index (χ2n) is 5.39. The van der Waals surface area contributed by atoms with E-state index in [0.717, 1.165) is 25.9 Å². The molecule has 1 fully saturated rings. The summed E-state index contributed by atoms with van der Waals surface area (Å²) in [6.07, 6.45) is 6.45. The van der Waals surface area contributed by atoms with Crippen LogP contribution in [0.2, 0.25) is 0 Å². The van der Waals surface area contributed by atoms with Crippen molar-refractivity contribution >= 4 is 11.6 Å². The number of anilines is 1. The molecular formula is C14H23N3O. The molecule has 0 aliphatic heterocycles. The number of nitrogens with two attached hydrogens (primary N) is 1. The molecule has 0 saturated heterocycles. The Balaban J connectivity index is 1.99. The van der Waals surface area contributed by atoms with Gasteiger partial charge in [0.05, 0.1) is 5.69 Å². The van der Waals surface area contributed by atoms with Crippen molar-refractivity contribution in [3.63, 3.8) is 0 Å². The third-order valence-electron chi connectivity index (χ3n) is 3.95. The molecule has 0 bridgehead atoms. The van der Waals surface area contributed by atoms with Gasteiger partial charge in [-0.25, -0.2) is 0 Å². The Kier molecular flexibility index (Phi) is 3.64. The molecule has 0 spiro atoms. The largest absolute Gasteiger partial charge is 0.397 e. The van der Waals surface area contributed by atoms with Gasteiger partial charge in [0.1, 0.15) is 5.69 Å². The third-order valence-corrected chi connectivity index (χ3v) is 3.95. The monoisotopic (exact) mass is 249 g/mol. The minimum atomic E-state index is -0.000116. The first kappa shape index (κ1) is 13.0. The fourth-order valence-corrected chi connectivity index (χ4v) is 2.34. The Morgan fingerprint density at radius 2 is 2.22 bits per heavy atom. The second-order valence-corrected chi connectivity index (χ2v) is 5.39. The summed E-state index contributed by atoms with van der Waals surface area (Å²) in [5.74, 6) is -0.000116. The van der Waals surface area contributed by atoms with Crippen molar-refractivity contribution in [2.45, 2.75) is 46.1 Å². The predicted molar refractivity (Wildman–Crippen MR) is 73.4 cm³/mol. The van der Waals surface area contributed by atoms with Crippen molar-refractivity contribution in [2.24, 2.45) is 5.41 Å². The van der Waals surface area contributed by atoms with Crippen LogP contribution in [0.25, 0.3) is 0 Å². The van der Waals surface area contributed by atoms with Crippen molar-refractivity contribution in [1.29, 1.82) is 0 Å². The van der Waals surface area contributed by atoms with E-state index in [4.69, 9.17) is 5.73 Å². The highest BCUT2D eigenvalue weighted by Crippen LogP contribution is 2.47. The molecule has 100 valence electrons. The van der Waals surface area contributed by atoms with Crippen LogP contribution < -0.4 is 11.1 Å². The molecule has 1 saturated carbocycles. The summed E-state index contributed by atoms with van der Waals surface area (Å²) in [4.78, 5) is 12.2. The van der Waals surface area contributed by atoms with Gasteiger partial charge in [-0.2, -0.15) is 0 Å². The van der Waals surface area contributed by atoms with Crippen molar-refractivity contribution in [2.75, 3.05) is 12.3 Å². The summed E-state index contributed by atoms with van der Waals surface area (Å²) >= 11 is 0. The van der Waals surface area contributed by atoms with Gasteiger partial charge in [0.15, 0.2) is 0 Å². The molecule has 4 heteroatoms. The van der Waals surface area contributed by atoms with E-state index in [1.54, 1.807) is 6.07 Å². The zero-order valence-corrected chi connectivity index (χ0v) is 11.3. The van der Waals surface area contributed by atoms with Crippen LogP contribution in [0, 0.1) is 5.41 Å². The van der Waals surface area contributed by atoms with Crippen LogP contribution in [-0.4, -0.2) is 17.0 Å². The molecule has 1 aromatic rings. The summed E-state index contributed by atoms with van der Waals surface area (Å²) in [6.45, 7) is 5.91. The SMILES string of the molecule is CCCn1cc(N)cc1C(=O)NCC1(CC)CC1. The average Bonchev–Trinajstić information content (AvgIpc) is 3.05. The zero-order valence-electron chi connectivity index (χ0n) is 11.3. The van der Waals surface area contributed by atoms with Gasteiger partial charge in [0, 0.05) is 19.3 Å². The van der Waals surface area contributed by atoms with Crippen LogP contribution in [0.1, 0.15) is 50.0 Å². The maximum absolute atomic E-state index is 12.2. The zero-order chi connectivity index (χ0) is 13.2. The van der Waals surface area contributed by atoms with E-state index >= 15 is 0 Å². The molecule has 0 radical (unpaired) electrons. The first-order valence-electron chi connectivity index (χ1n) is 6.84. The highest BCUT2D eigenvalue weighted by Gasteiger charge is 2.40. The molecule has 4 nitrogen and oxygen atoms in total. The lowest BCUT2D eigenvalue weighted by atomic mass is 10.0. The van der Waals surface area contributed by atoms with E-state index < -0.39 is 0 Å². The Bertz CT molecular complexity index is 432. The first-order valence-corrected chi connectivity index (χ1v) is 6.84. The van der Waals surface area contributed by atoms with Crippen molar-refractivity contribution < 1.29 is 4.79 Å². The molecule has 0 aromatic carbocycles. The maximum Gasteiger partial charge on any atom is 0.268 e. The number of hydrogen-bond donors (Lipinski definition) is 2. The van der Waals surface area contributed by atoms with E-state index in [0.29, 0.717) is 16.8 Å². The van der Waals surface area contributed by atoms with Gasteiger partial charge in [-0.1, -0.05) is 13.8 Å². The second kappa shape index (κ2) is 5.04. The van der Waals surface area contributed by atoms with E-state index in [1.807, 2.05) is 10.8 Å². The van der Waals surface area contributed by atoms with Crippen LogP contribution >= 0.6 is 0 Å². The summed E-state index contributed by atoms with van der Waals surface area (Å²) in [5, 5.41) is 3.05. The van der Waals surface area contributed by atoms with E-state index in [-0.39, 0.29) is 5.91 Å². The van der Waals surface area contributed by atoms with Crippen LogP contribution in [0.3, 0.4) is 0 Å². The van der Waals surface area contributed by atoms with Gasteiger partial charge in [0.25, 0.3) is 5.91 Å². The van der Waals surface area contributed by atoms with Gasteiger partial charge < -0.3 is 15.6 Å². The van der Waals surface area contributed by atoms with E-state index in [1.165, 1.54) is 12.8 Å². The Morgan fingerprint density at radius 1 is 1.50 bits per heavy atom. The van der Waals surface area contributed by atoms with Crippen LogP contribution in [0.4, 0.5) is 5.69 Å². The molecule has 1 heterocycles. The lowest BCUT2D eigenvalue weighted by Crippen LogP contribution is -2.31. The minimum absolute atomic E-state index is 0.000116. The number of aryl methyl sites for hydroxylation is 1. The molecule has 18 heavy (non-hydrogen) atoms. The summed E-state index contributed by atoms with van der Waals surface area (Å²) in [5.41, 5.74) is 7.48. The van der Waals surface area contributed by atoms with Gasteiger partial charge in [-0.3, -0.25) is 4.79 Å². The number of carbonyl (C=O) groups excluding carboxylic acids is 1. The lowest BCUT2D eigenvalue weighted by Gasteiger charge is -2.14. The van der Waals surface area contributed by atoms with E-state index in [9.17, 15) is 4.79 Å². The smallest absolute Gasteiger partial charge is 0.268 e. The number of aromatic nitrogens is 1. The van der Waals surface area contributed by atoms with Crippen LogP contribution in [-0.2, 0) is 6.54 Å². The minimum Gasteiger partial charge on any atom is -0.397 e. The van der Waals surface area contributed by atoms with E-state index in [2.05, 4.69) is 19.2 Å². The number of nitrogens with one attached hydrogen (secondary N) is 1. The van der Waals surface area contributed by atoms with Gasteiger partial charge in [0.2, 0.25) is 0 Å². The van der Waals surface area contributed by atoms with Crippen molar-refractivity contribution in [3.8, 4) is 0 Å². The van der Waals surface area contributed by atoms with Crippen LogP contribution in [0.15, 0.2) is 12.3 Å². The quantitative estimate of drug-likeness (QED) is 0.813. The summed E-state index contributed by atoms with van der Waals surface area (Å²) in [7, 11) is 0. The maximum atomic E-state index is 12.2. The van der Waals surface area contributed by atoms with Crippen molar-refractivity contribution in [1.82, 2.24) is 9.88 Å². The fourth-order valence-electron chi connectivity index (χ4n) is 2.34. The highest BCUT2D eigenvalue weighted by atomic mass is 16.1. The Hall–Kier alpha value is -1.45. The van der Waals surface area contributed by atoms with Gasteiger partial charge in [-0.05, 0) is 37.2 Å².